The number of amides is 1. The summed E-state index contributed by atoms with van der Waals surface area (Å²) in [6.45, 7) is 4.38. The zero-order chi connectivity index (χ0) is 13.8. The van der Waals surface area contributed by atoms with Gasteiger partial charge in [-0.2, -0.15) is 0 Å². The third kappa shape index (κ3) is 5.19. The number of fused-ring (bicyclic) bond motifs is 1. The number of halogens is 2. The lowest BCUT2D eigenvalue weighted by molar-refractivity contribution is -0.121. The molecule has 0 radical (unpaired) electrons. The molecule has 5 nitrogen and oxygen atoms in total. The predicted molar refractivity (Wildman–Crippen MR) is 90.3 cm³/mol. The maximum atomic E-state index is 11.7. The van der Waals surface area contributed by atoms with Crippen molar-refractivity contribution >= 4 is 41.8 Å². The number of para-hydroxylation sites is 1. The molecule has 2 rings (SSSR count). The molecule has 0 saturated heterocycles. The largest absolute Gasteiger partial charge is 0.352 e. The Balaban J connectivity index is 0.00000200. The lowest BCUT2D eigenvalue weighted by Crippen LogP contribution is -2.37. The minimum absolute atomic E-state index is 0. The van der Waals surface area contributed by atoms with Crippen LogP contribution in [0, 0.1) is 6.92 Å². The van der Waals surface area contributed by atoms with E-state index in [9.17, 15) is 4.79 Å². The van der Waals surface area contributed by atoms with Gasteiger partial charge in [-0.3, -0.25) is 4.79 Å². The lowest BCUT2D eigenvalue weighted by atomic mass is 10.2. The fraction of sp³-hybridized carbons (Fsp3) is 0.429. The summed E-state index contributed by atoms with van der Waals surface area (Å²) in [4.78, 5) is 19.4. The number of carbonyl (C=O) groups excluding carboxylic acids is 1. The van der Waals surface area contributed by atoms with Gasteiger partial charge in [0.25, 0.3) is 0 Å². The number of benzene rings is 1. The Hall–Kier alpha value is -1.30. The fourth-order valence-corrected chi connectivity index (χ4v) is 1.98. The van der Waals surface area contributed by atoms with E-state index in [1.807, 2.05) is 32.0 Å². The van der Waals surface area contributed by atoms with Crippen LogP contribution >= 0.6 is 24.8 Å². The van der Waals surface area contributed by atoms with Crippen LogP contribution in [0.5, 0.6) is 0 Å². The van der Waals surface area contributed by atoms with Gasteiger partial charge in [0.1, 0.15) is 5.82 Å². The third-order valence-electron chi connectivity index (χ3n) is 3.11. The van der Waals surface area contributed by atoms with E-state index in [0.717, 1.165) is 22.4 Å². The number of nitrogens with zero attached hydrogens (tertiary/aromatic N) is 1. The van der Waals surface area contributed by atoms with Crippen molar-refractivity contribution in [2.75, 3.05) is 6.54 Å². The highest BCUT2D eigenvalue weighted by Gasteiger charge is 2.09. The van der Waals surface area contributed by atoms with Gasteiger partial charge in [-0.25, -0.2) is 4.98 Å². The molecule has 1 amide bonds. The van der Waals surface area contributed by atoms with Crippen LogP contribution in [-0.2, 0) is 11.2 Å². The number of nitrogens with one attached hydrogen (secondary N) is 2. The van der Waals surface area contributed by atoms with Crippen LogP contribution in [0.3, 0.4) is 0 Å². The Labute approximate surface area is 136 Å². The highest BCUT2D eigenvalue weighted by atomic mass is 35.5. The molecular weight excluding hydrogens is 311 g/mol. The van der Waals surface area contributed by atoms with E-state index >= 15 is 0 Å². The van der Waals surface area contributed by atoms with Crippen molar-refractivity contribution in [2.45, 2.75) is 32.7 Å². The van der Waals surface area contributed by atoms with Crippen molar-refractivity contribution in [1.82, 2.24) is 15.3 Å². The molecule has 0 aliphatic carbocycles. The van der Waals surface area contributed by atoms with Gasteiger partial charge in [-0.05, 0) is 25.5 Å². The van der Waals surface area contributed by atoms with Crippen LogP contribution in [0.25, 0.3) is 11.0 Å². The van der Waals surface area contributed by atoms with Crippen molar-refractivity contribution in [1.29, 1.82) is 0 Å². The number of aryl methyl sites for hydroxylation is 2. The molecule has 1 aromatic carbocycles. The number of carbonyl (C=O) groups is 1. The van der Waals surface area contributed by atoms with E-state index in [1.165, 1.54) is 0 Å². The second kappa shape index (κ2) is 8.87. The zero-order valence-electron chi connectivity index (χ0n) is 12.2. The summed E-state index contributed by atoms with van der Waals surface area (Å²) in [7, 11) is 0. The molecule has 1 aromatic heterocycles. The molecule has 0 spiro atoms. The average Bonchev–Trinajstić information content (AvgIpc) is 2.81. The number of hydrogen-bond acceptors (Lipinski definition) is 3. The van der Waals surface area contributed by atoms with Crippen molar-refractivity contribution in [3.05, 3.63) is 29.6 Å². The Morgan fingerprint density at radius 2 is 2.14 bits per heavy atom. The van der Waals surface area contributed by atoms with Gasteiger partial charge in [-0.15, -0.1) is 24.8 Å². The van der Waals surface area contributed by atoms with E-state index in [0.29, 0.717) is 19.4 Å². The number of aromatic amines is 1. The molecule has 21 heavy (non-hydrogen) atoms. The van der Waals surface area contributed by atoms with Crippen LogP contribution < -0.4 is 11.1 Å². The molecule has 118 valence electrons. The van der Waals surface area contributed by atoms with Crippen LogP contribution in [0.1, 0.15) is 24.7 Å². The summed E-state index contributed by atoms with van der Waals surface area (Å²) in [6, 6.07) is 6.04. The van der Waals surface area contributed by atoms with Gasteiger partial charge in [0, 0.05) is 25.4 Å². The second-order valence-electron chi connectivity index (χ2n) is 4.86. The first-order valence-electron chi connectivity index (χ1n) is 6.53. The molecule has 0 saturated carbocycles. The molecular formula is C14H22Cl2N4O. The van der Waals surface area contributed by atoms with E-state index in [4.69, 9.17) is 5.73 Å². The van der Waals surface area contributed by atoms with Crippen molar-refractivity contribution in [3.8, 4) is 0 Å². The third-order valence-corrected chi connectivity index (χ3v) is 3.11. The smallest absolute Gasteiger partial charge is 0.220 e. The van der Waals surface area contributed by atoms with Crippen LogP contribution in [0.15, 0.2) is 18.2 Å². The molecule has 2 aromatic rings. The first-order valence-corrected chi connectivity index (χ1v) is 6.53. The maximum Gasteiger partial charge on any atom is 0.220 e. The molecule has 1 atom stereocenters. The summed E-state index contributed by atoms with van der Waals surface area (Å²) in [5.41, 5.74) is 8.60. The standard InChI is InChI=1S/C14H20N4O.2ClH/c1-9-4-3-5-11-14(9)18-12(17-11)6-7-13(19)16-10(2)8-15;;/h3-5,10H,6-8,15H2,1-2H3,(H,16,19)(H,17,18);2*1H/t10-;;/m0../s1. The number of H-pyrrole nitrogens is 1. The number of rotatable bonds is 5. The van der Waals surface area contributed by atoms with E-state index in [-0.39, 0.29) is 36.8 Å². The highest BCUT2D eigenvalue weighted by Crippen LogP contribution is 2.15. The van der Waals surface area contributed by atoms with Gasteiger partial charge in [0.2, 0.25) is 5.91 Å². The maximum absolute atomic E-state index is 11.7. The lowest BCUT2D eigenvalue weighted by Gasteiger charge is -2.10. The second-order valence-corrected chi connectivity index (χ2v) is 4.86. The van der Waals surface area contributed by atoms with Crippen LogP contribution in [0.4, 0.5) is 0 Å². The molecule has 0 aliphatic rings. The van der Waals surface area contributed by atoms with Crippen molar-refractivity contribution in [2.24, 2.45) is 5.73 Å². The first kappa shape index (κ1) is 19.7. The normalized spacial score (nSPS) is 11.4. The number of nitrogens with two attached hydrogens (primary N) is 1. The molecule has 0 unspecified atom stereocenters. The zero-order valence-corrected chi connectivity index (χ0v) is 13.8. The van der Waals surface area contributed by atoms with Gasteiger partial charge in [0.05, 0.1) is 11.0 Å². The van der Waals surface area contributed by atoms with Gasteiger partial charge < -0.3 is 16.0 Å². The number of imidazole rings is 1. The van der Waals surface area contributed by atoms with Crippen LogP contribution in [-0.4, -0.2) is 28.5 Å². The Morgan fingerprint density at radius 1 is 1.43 bits per heavy atom. The van der Waals surface area contributed by atoms with E-state index in [2.05, 4.69) is 15.3 Å². The van der Waals surface area contributed by atoms with Gasteiger partial charge in [-0.1, -0.05) is 12.1 Å². The van der Waals surface area contributed by atoms with Crippen molar-refractivity contribution < 1.29 is 4.79 Å². The predicted octanol–water partition coefficient (Wildman–Crippen LogP) is 2.11. The summed E-state index contributed by atoms with van der Waals surface area (Å²) in [5.74, 6) is 0.856. The van der Waals surface area contributed by atoms with Crippen LogP contribution in [0.2, 0.25) is 0 Å². The first-order chi connectivity index (χ1) is 9.10. The Kier molecular flexibility index (Phi) is 8.32. The quantitative estimate of drug-likeness (QED) is 0.784. The van der Waals surface area contributed by atoms with Crippen molar-refractivity contribution in [3.63, 3.8) is 0 Å². The van der Waals surface area contributed by atoms with Gasteiger partial charge in [0.15, 0.2) is 0 Å². The summed E-state index contributed by atoms with van der Waals surface area (Å²) in [6.07, 6.45) is 1.03. The average molecular weight is 333 g/mol. The summed E-state index contributed by atoms with van der Waals surface area (Å²) in [5, 5.41) is 2.84. The molecule has 7 heteroatoms. The SMILES string of the molecule is Cc1cccc2[nH]c(CCC(=O)N[C@@H](C)CN)nc12.Cl.Cl. The minimum atomic E-state index is 0. The molecule has 0 bridgehead atoms. The monoisotopic (exact) mass is 332 g/mol. The molecule has 0 aliphatic heterocycles. The number of aromatic nitrogens is 2. The summed E-state index contributed by atoms with van der Waals surface area (Å²) >= 11 is 0. The highest BCUT2D eigenvalue weighted by molar-refractivity contribution is 5.85. The molecule has 4 N–H and O–H groups in total. The molecule has 0 fully saturated rings. The molecule has 1 heterocycles. The number of hydrogen-bond donors (Lipinski definition) is 3. The van der Waals surface area contributed by atoms with Gasteiger partial charge >= 0.3 is 0 Å². The minimum Gasteiger partial charge on any atom is -0.352 e. The summed E-state index contributed by atoms with van der Waals surface area (Å²) < 4.78 is 0. The fourth-order valence-electron chi connectivity index (χ4n) is 1.98. The topological polar surface area (TPSA) is 83.8 Å². The Morgan fingerprint density at radius 3 is 2.76 bits per heavy atom. The Bertz CT molecular complexity index is 585. The van der Waals surface area contributed by atoms with E-state index in [1.54, 1.807) is 0 Å². The van der Waals surface area contributed by atoms with E-state index < -0.39 is 0 Å².